The lowest BCUT2D eigenvalue weighted by atomic mass is 9.99. The number of ether oxygens (including phenoxy) is 5. The van der Waals surface area contributed by atoms with Crippen LogP contribution in [-0.2, 0) is 42.9 Å². The molecule has 1 aliphatic heterocycles. The minimum Gasteiger partial charge on any atom is -0.463 e. The molecule has 28 heavy (non-hydrogen) atoms. The SMILES string of the molecule is CC(=O)OC[C@@H]1O[C@@H](SCCC#N)[C@@H](OC(C)=O)[C@@H](OC(C)=O)[C@H]1OC(C)=O. The van der Waals surface area contributed by atoms with Gasteiger partial charge in [0, 0.05) is 39.9 Å². The molecule has 5 atom stereocenters. The number of carbonyl (C=O) groups is 4. The third-order valence-corrected chi connectivity index (χ3v) is 4.59. The number of esters is 4. The van der Waals surface area contributed by atoms with E-state index in [-0.39, 0.29) is 13.0 Å². The van der Waals surface area contributed by atoms with Crippen molar-refractivity contribution in [2.75, 3.05) is 12.4 Å². The average molecular weight is 417 g/mol. The molecule has 1 heterocycles. The largest absolute Gasteiger partial charge is 0.463 e. The molecule has 0 aromatic rings. The summed E-state index contributed by atoms with van der Waals surface area (Å²) in [6, 6.07) is 1.98. The third-order valence-electron chi connectivity index (χ3n) is 3.44. The van der Waals surface area contributed by atoms with Gasteiger partial charge in [0.15, 0.2) is 18.3 Å². The number of nitriles is 1. The fraction of sp³-hybridized carbons (Fsp3) is 0.706. The molecule has 0 saturated carbocycles. The van der Waals surface area contributed by atoms with Crippen molar-refractivity contribution in [3.8, 4) is 6.07 Å². The molecular weight excluding hydrogens is 394 g/mol. The van der Waals surface area contributed by atoms with Crippen LogP contribution in [0.2, 0.25) is 0 Å². The molecule has 1 fully saturated rings. The Balaban J connectivity index is 3.23. The fourth-order valence-corrected chi connectivity index (χ4v) is 3.61. The van der Waals surface area contributed by atoms with Gasteiger partial charge in [0.25, 0.3) is 0 Å². The molecule has 0 aliphatic carbocycles. The molecule has 0 bridgehead atoms. The van der Waals surface area contributed by atoms with E-state index >= 15 is 0 Å². The highest BCUT2D eigenvalue weighted by atomic mass is 32.2. The van der Waals surface area contributed by atoms with Gasteiger partial charge < -0.3 is 23.7 Å². The van der Waals surface area contributed by atoms with E-state index in [9.17, 15) is 19.2 Å². The summed E-state index contributed by atoms with van der Waals surface area (Å²) in [4.78, 5) is 46.0. The number of rotatable bonds is 8. The van der Waals surface area contributed by atoms with Gasteiger partial charge in [0.1, 0.15) is 18.1 Å². The van der Waals surface area contributed by atoms with Crippen LogP contribution in [-0.4, -0.2) is 66.1 Å². The highest BCUT2D eigenvalue weighted by molar-refractivity contribution is 7.99. The molecule has 0 amide bonds. The van der Waals surface area contributed by atoms with Crippen LogP contribution in [0.5, 0.6) is 0 Å². The second kappa shape index (κ2) is 11.5. The molecule has 1 saturated heterocycles. The molecule has 0 aromatic carbocycles. The highest BCUT2D eigenvalue weighted by Gasteiger charge is 2.52. The van der Waals surface area contributed by atoms with Crippen LogP contribution in [0.3, 0.4) is 0 Å². The van der Waals surface area contributed by atoms with Crippen molar-refractivity contribution >= 4 is 35.6 Å². The summed E-state index contributed by atoms with van der Waals surface area (Å²) < 4.78 is 26.7. The Labute approximate surface area is 166 Å². The Bertz CT molecular complexity index is 633. The molecule has 1 rings (SSSR count). The standard InChI is InChI=1S/C17H23NO9S/c1-9(19)23-8-13-14(24-10(2)20)15(25-11(3)21)16(26-12(4)22)17(27-13)28-7-5-6-18/h13-17H,5,7-8H2,1-4H3/t13-,14-,15-,16-,17-/m0/s1. The Morgan fingerprint density at radius 2 is 1.43 bits per heavy atom. The van der Waals surface area contributed by atoms with Crippen molar-refractivity contribution in [1.29, 1.82) is 5.26 Å². The zero-order chi connectivity index (χ0) is 21.3. The lowest BCUT2D eigenvalue weighted by Crippen LogP contribution is -2.61. The molecular formula is C17H23NO9S. The van der Waals surface area contributed by atoms with E-state index in [1.54, 1.807) is 0 Å². The van der Waals surface area contributed by atoms with Gasteiger partial charge in [-0.2, -0.15) is 5.26 Å². The van der Waals surface area contributed by atoms with E-state index < -0.39 is 53.7 Å². The van der Waals surface area contributed by atoms with Crippen molar-refractivity contribution in [3.05, 3.63) is 0 Å². The van der Waals surface area contributed by atoms with Crippen molar-refractivity contribution < 1.29 is 42.9 Å². The summed E-state index contributed by atoms with van der Waals surface area (Å²) in [5, 5.41) is 8.74. The first kappa shape index (κ1) is 23.7. The van der Waals surface area contributed by atoms with Gasteiger partial charge >= 0.3 is 23.9 Å². The zero-order valence-corrected chi connectivity index (χ0v) is 16.9. The highest BCUT2D eigenvalue weighted by Crippen LogP contribution is 2.34. The molecule has 0 spiro atoms. The predicted molar refractivity (Wildman–Crippen MR) is 94.6 cm³/mol. The first-order valence-electron chi connectivity index (χ1n) is 8.44. The Kier molecular flexibility index (Phi) is 9.75. The van der Waals surface area contributed by atoms with E-state index in [1.165, 1.54) is 25.6 Å². The van der Waals surface area contributed by atoms with Crippen molar-refractivity contribution in [1.82, 2.24) is 0 Å². The molecule has 0 aromatic heterocycles. The van der Waals surface area contributed by atoms with E-state index in [1.807, 2.05) is 6.07 Å². The summed E-state index contributed by atoms with van der Waals surface area (Å²) in [5.74, 6) is -2.25. The maximum Gasteiger partial charge on any atom is 0.303 e. The number of hydrogen-bond acceptors (Lipinski definition) is 11. The number of nitrogens with zero attached hydrogens (tertiary/aromatic N) is 1. The molecule has 0 unspecified atom stereocenters. The lowest BCUT2D eigenvalue weighted by Gasteiger charge is -2.44. The topological polar surface area (TPSA) is 138 Å². The van der Waals surface area contributed by atoms with Crippen molar-refractivity contribution in [3.63, 3.8) is 0 Å². The van der Waals surface area contributed by atoms with Gasteiger partial charge in [-0.05, 0) is 0 Å². The first-order chi connectivity index (χ1) is 13.1. The maximum absolute atomic E-state index is 11.6. The fourth-order valence-electron chi connectivity index (χ4n) is 2.54. The summed E-state index contributed by atoms with van der Waals surface area (Å²) in [6.45, 7) is 4.42. The number of carbonyl (C=O) groups excluding carboxylic acids is 4. The number of hydrogen-bond donors (Lipinski definition) is 0. The predicted octanol–water partition coefficient (Wildman–Crippen LogP) is 0.716. The van der Waals surface area contributed by atoms with Crippen LogP contribution < -0.4 is 0 Å². The monoisotopic (exact) mass is 417 g/mol. The van der Waals surface area contributed by atoms with E-state index in [2.05, 4.69) is 0 Å². The van der Waals surface area contributed by atoms with E-state index in [0.717, 1.165) is 13.8 Å². The molecule has 11 heteroatoms. The minimum atomic E-state index is -1.18. The lowest BCUT2D eigenvalue weighted by molar-refractivity contribution is -0.237. The zero-order valence-electron chi connectivity index (χ0n) is 16.0. The Hall–Kier alpha value is -2.32. The second-order valence-electron chi connectivity index (χ2n) is 5.85. The summed E-state index contributed by atoms with van der Waals surface area (Å²) in [7, 11) is 0. The summed E-state index contributed by atoms with van der Waals surface area (Å²) in [5.41, 5.74) is -0.839. The molecule has 0 radical (unpaired) electrons. The van der Waals surface area contributed by atoms with Crippen LogP contribution >= 0.6 is 11.8 Å². The quantitative estimate of drug-likeness (QED) is 0.313. The first-order valence-corrected chi connectivity index (χ1v) is 9.49. The van der Waals surface area contributed by atoms with Gasteiger partial charge in [-0.25, -0.2) is 0 Å². The van der Waals surface area contributed by atoms with Gasteiger partial charge in [0.2, 0.25) is 0 Å². The van der Waals surface area contributed by atoms with Crippen LogP contribution in [0.1, 0.15) is 34.1 Å². The Morgan fingerprint density at radius 3 is 1.93 bits per heavy atom. The van der Waals surface area contributed by atoms with Crippen LogP contribution in [0.25, 0.3) is 0 Å². The number of thioether (sulfide) groups is 1. The smallest absolute Gasteiger partial charge is 0.303 e. The molecule has 156 valence electrons. The van der Waals surface area contributed by atoms with Crippen molar-refractivity contribution in [2.45, 2.75) is 64.0 Å². The summed E-state index contributed by atoms with van der Waals surface area (Å²) in [6.07, 6.45) is -4.21. The van der Waals surface area contributed by atoms with Gasteiger partial charge in [-0.15, -0.1) is 11.8 Å². The second-order valence-corrected chi connectivity index (χ2v) is 7.05. The normalized spacial score (nSPS) is 26.5. The van der Waals surface area contributed by atoms with Crippen molar-refractivity contribution in [2.24, 2.45) is 0 Å². The van der Waals surface area contributed by atoms with E-state index in [4.69, 9.17) is 28.9 Å². The van der Waals surface area contributed by atoms with Gasteiger partial charge in [0.05, 0.1) is 6.07 Å². The van der Waals surface area contributed by atoms with Crippen LogP contribution in [0, 0.1) is 11.3 Å². The summed E-state index contributed by atoms with van der Waals surface area (Å²) >= 11 is 1.17. The van der Waals surface area contributed by atoms with Gasteiger partial charge in [-0.1, -0.05) is 0 Å². The maximum atomic E-state index is 11.6. The van der Waals surface area contributed by atoms with E-state index in [0.29, 0.717) is 5.75 Å². The molecule has 0 N–H and O–H groups in total. The van der Waals surface area contributed by atoms with Gasteiger partial charge in [-0.3, -0.25) is 19.2 Å². The minimum absolute atomic E-state index is 0.206. The van der Waals surface area contributed by atoms with Crippen LogP contribution in [0.15, 0.2) is 0 Å². The Morgan fingerprint density at radius 1 is 0.893 bits per heavy atom. The molecule has 10 nitrogen and oxygen atoms in total. The molecule has 1 aliphatic rings. The third kappa shape index (κ3) is 7.74. The van der Waals surface area contributed by atoms with Crippen LogP contribution in [0.4, 0.5) is 0 Å². The average Bonchev–Trinajstić information content (AvgIpc) is 2.57.